The van der Waals surface area contributed by atoms with Crippen molar-refractivity contribution < 1.29 is 18.0 Å². The third-order valence-electron chi connectivity index (χ3n) is 5.19. The first-order valence-electron chi connectivity index (χ1n) is 10.5. The summed E-state index contributed by atoms with van der Waals surface area (Å²) in [4.78, 5) is 21.6. The van der Waals surface area contributed by atoms with Crippen LogP contribution in [-0.2, 0) is 22.5 Å². The van der Waals surface area contributed by atoms with Crippen molar-refractivity contribution in [1.82, 2.24) is 15.3 Å². The number of halogens is 1. The smallest absolute Gasteiger partial charge is 0.262 e. The average molecular weight is 510 g/mol. The summed E-state index contributed by atoms with van der Waals surface area (Å²) < 4.78 is 29.3. The molecule has 2 aromatic carbocycles. The normalized spacial score (nSPS) is 12.6. The van der Waals surface area contributed by atoms with Gasteiger partial charge >= 0.3 is 0 Å². The second-order valence-electron chi connectivity index (χ2n) is 7.61. The van der Waals surface area contributed by atoms with Gasteiger partial charge in [-0.2, -0.15) is 5.26 Å². The number of oxazole rings is 1. The first-order valence-corrected chi connectivity index (χ1v) is 11.9. The van der Waals surface area contributed by atoms with E-state index in [1.54, 1.807) is 30.5 Å². The summed E-state index contributed by atoms with van der Waals surface area (Å²) in [7, 11) is 0. The molecule has 0 spiro atoms. The van der Waals surface area contributed by atoms with E-state index in [0.29, 0.717) is 16.1 Å². The number of amides is 1. The van der Waals surface area contributed by atoms with E-state index in [0.717, 1.165) is 21.1 Å². The Kier molecular flexibility index (Phi) is 7.41. The van der Waals surface area contributed by atoms with Crippen LogP contribution in [0, 0.1) is 18.3 Å². The number of fused-ring (bicyclic) bond motifs is 1. The summed E-state index contributed by atoms with van der Waals surface area (Å²) in [5.41, 5.74) is 4.08. The van der Waals surface area contributed by atoms with E-state index in [4.69, 9.17) is 21.3 Å². The van der Waals surface area contributed by atoms with Crippen molar-refractivity contribution >= 4 is 45.6 Å². The van der Waals surface area contributed by atoms with Crippen LogP contribution in [0.5, 0.6) is 0 Å². The van der Waals surface area contributed by atoms with Gasteiger partial charge in [-0.1, -0.05) is 23.7 Å². The predicted octanol–water partition coefficient (Wildman–Crippen LogP) is 4.05. The lowest BCUT2D eigenvalue weighted by Crippen LogP contribution is -2.49. The van der Waals surface area contributed by atoms with Crippen LogP contribution in [0.4, 0.5) is 5.69 Å². The van der Waals surface area contributed by atoms with Crippen molar-refractivity contribution in [2.24, 2.45) is 0 Å². The Morgan fingerprint density at radius 1 is 1.26 bits per heavy atom. The Hall–Kier alpha value is -3.78. The molecule has 0 radical (unpaired) electrons. The molecule has 0 aliphatic heterocycles. The second-order valence-corrected chi connectivity index (χ2v) is 8.90. The number of nitriles is 1. The molecule has 1 unspecified atom stereocenters. The van der Waals surface area contributed by atoms with E-state index in [1.807, 2.05) is 37.3 Å². The Morgan fingerprint density at radius 2 is 2.06 bits per heavy atom. The first-order chi connectivity index (χ1) is 16.9. The van der Waals surface area contributed by atoms with Gasteiger partial charge in [0.1, 0.15) is 18.1 Å². The first kappa shape index (κ1) is 24.3. The van der Waals surface area contributed by atoms with Crippen molar-refractivity contribution in [1.29, 1.82) is 5.26 Å². The molecule has 9 nitrogen and oxygen atoms in total. The van der Waals surface area contributed by atoms with E-state index >= 15 is 0 Å². The van der Waals surface area contributed by atoms with E-state index in [2.05, 4.69) is 15.3 Å². The van der Waals surface area contributed by atoms with Crippen LogP contribution in [0.25, 0.3) is 22.2 Å². The quantitative estimate of drug-likeness (QED) is 0.270. The summed E-state index contributed by atoms with van der Waals surface area (Å²) in [5.74, 6) is -0.443. The average Bonchev–Trinajstić information content (AvgIpc) is 3.23. The van der Waals surface area contributed by atoms with Gasteiger partial charge in [-0.15, -0.1) is 0 Å². The molecule has 4 aromatic rings. The van der Waals surface area contributed by atoms with Crippen molar-refractivity contribution in [3.63, 3.8) is 0 Å². The largest absolute Gasteiger partial charge is 0.441 e. The molecule has 0 bridgehead atoms. The van der Waals surface area contributed by atoms with Crippen molar-refractivity contribution in [3.05, 3.63) is 77.4 Å². The molecule has 0 fully saturated rings. The molecule has 1 amide bonds. The number of nitrogens with one attached hydrogen (secondary N) is 1. The fraction of sp³-hybridized carbons (Fsp3) is 0.167. The topological polar surface area (TPSA) is 132 Å². The fourth-order valence-electron chi connectivity index (χ4n) is 3.65. The summed E-state index contributed by atoms with van der Waals surface area (Å²) in [6.07, 6.45) is 1.60. The number of hydrogen-bond acceptors (Lipinski definition) is 6. The molecular weight excluding hydrogens is 490 g/mol. The minimum Gasteiger partial charge on any atom is -0.441 e. The van der Waals surface area contributed by atoms with Gasteiger partial charge in [0.15, 0.2) is 11.5 Å². The van der Waals surface area contributed by atoms with Crippen molar-refractivity contribution in [2.75, 3.05) is 10.8 Å². The standard InChI is InChI=1S/C24H20ClN5O4S/c1-15-11-17(7-9-27-15)16-5-6-20-22(12-16)34-23(29-20)14-21(24(31)28-10-8-26)30(35(32)33)19-4-2-3-18(25)13-19/h2-7,9,11-13,21H,10,14H2,1H3,(H,28,31)(H,32,33)/t21-/m0/s1. The van der Waals surface area contributed by atoms with Gasteiger partial charge in [0.05, 0.1) is 18.2 Å². The Morgan fingerprint density at radius 3 is 2.77 bits per heavy atom. The lowest BCUT2D eigenvalue weighted by molar-refractivity contribution is -0.122. The molecule has 2 heterocycles. The van der Waals surface area contributed by atoms with E-state index < -0.39 is 23.2 Å². The Balaban J connectivity index is 1.70. The fourth-order valence-corrected chi connectivity index (χ4v) is 4.51. The Bertz CT molecular complexity index is 1450. The summed E-state index contributed by atoms with van der Waals surface area (Å²) in [5, 5.41) is 11.7. The molecule has 0 saturated heterocycles. The van der Waals surface area contributed by atoms with Gasteiger partial charge in [-0.3, -0.25) is 18.6 Å². The minimum atomic E-state index is -2.59. The lowest BCUT2D eigenvalue weighted by atomic mass is 10.1. The van der Waals surface area contributed by atoms with E-state index in [9.17, 15) is 13.6 Å². The van der Waals surface area contributed by atoms with Gasteiger partial charge < -0.3 is 9.73 Å². The van der Waals surface area contributed by atoms with Crippen LogP contribution in [0.2, 0.25) is 5.02 Å². The Labute approximate surface area is 208 Å². The third kappa shape index (κ3) is 5.66. The van der Waals surface area contributed by atoms with Gasteiger partial charge in [0, 0.05) is 16.9 Å². The molecule has 2 aromatic heterocycles. The third-order valence-corrected chi connectivity index (χ3v) is 6.23. The maximum absolute atomic E-state index is 12.9. The number of rotatable bonds is 8. The van der Waals surface area contributed by atoms with Crippen LogP contribution < -0.4 is 9.62 Å². The number of carbonyl (C=O) groups excluding carboxylic acids is 1. The molecule has 2 N–H and O–H groups in total. The molecule has 4 rings (SSSR count). The highest BCUT2D eigenvalue weighted by molar-refractivity contribution is 7.80. The molecule has 2 atom stereocenters. The molecule has 178 valence electrons. The van der Waals surface area contributed by atoms with Gasteiger partial charge in [-0.25, -0.2) is 9.19 Å². The highest BCUT2D eigenvalue weighted by atomic mass is 35.5. The number of aromatic nitrogens is 2. The molecule has 0 aliphatic rings. The molecule has 11 heteroatoms. The monoisotopic (exact) mass is 509 g/mol. The molecule has 0 aliphatic carbocycles. The van der Waals surface area contributed by atoms with Crippen LogP contribution in [0.1, 0.15) is 11.6 Å². The van der Waals surface area contributed by atoms with Crippen LogP contribution in [-0.4, -0.2) is 37.2 Å². The van der Waals surface area contributed by atoms with Crippen molar-refractivity contribution in [3.8, 4) is 17.2 Å². The van der Waals surface area contributed by atoms with Gasteiger partial charge in [0.25, 0.3) is 11.3 Å². The number of nitrogens with zero attached hydrogens (tertiary/aromatic N) is 4. The number of pyridine rings is 1. The minimum absolute atomic E-state index is 0.131. The summed E-state index contributed by atoms with van der Waals surface area (Å²) >= 11 is 3.48. The summed E-state index contributed by atoms with van der Waals surface area (Å²) in [6.45, 7) is 1.64. The van der Waals surface area contributed by atoms with Crippen LogP contribution in [0.3, 0.4) is 0 Å². The predicted molar refractivity (Wildman–Crippen MR) is 133 cm³/mol. The lowest BCUT2D eigenvalue weighted by Gasteiger charge is -2.28. The second kappa shape index (κ2) is 10.7. The maximum atomic E-state index is 12.9. The van der Waals surface area contributed by atoms with Gasteiger partial charge in [-0.05, 0) is 60.5 Å². The summed E-state index contributed by atoms with van der Waals surface area (Å²) in [6, 6.07) is 16.2. The number of carbonyl (C=O) groups is 1. The SMILES string of the molecule is Cc1cc(-c2ccc3nc(C[C@@H](C(=O)NCC#N)N(c4cccc(Cl)c4)S(=O)O)oc3c2)ccn1. The number of benzene rings is 2. The van der Waals surface area contributed by atoms with Crippen molar-refractivity contribution in [2.45, 2.75) is 19.4 Å². The number of hydrogen-bond donors (Lipinski definition) is 2. The van der Waals surface area contributed by atoms with Crippen LogP contribution >= 0.6 is 11.6 Å². The number of aryl methyl sites for hydroxylation is 1. The van der Waals surface area contributed by atoms with Crippen LogP contribution in [0.15, 0.2) is 65.2 Å². The molecular formula is C24H20ClN5O4S. The van der Waals surface area contributed by atoms with E-state index in [-0.39, 0.29) is 24.5 Å². The van der Waals surface area contributed by atoms with Gasteiger partial charge in [0.2, 0.25) is 5.91 Å². The zero-order valence-corrected chi connectivity index (χ0v) is 20.1. The molecule has 35 heavy (non-hydrogen) atoms. The highest BCUT2D eigenvalue weighted by Gasteiger charge is 2.32. The number of anilines is 1. The van der Waals surface area contributed by atoms with E-state index in [1.165, 1.54) is 6.07 Å². The highest BCUT2D eigenvalue weighted by Crippen LogP contribution is 2.28. The maximum Gasteiger partial charge on any atom is 0.262 e. The molecule has 0 saturated carbocycles. The zero-order valence-electron chi connectivity index (χ0n) is 18.5. The zero-order chi connectivity index (χ0) is 24.9.